The molecule has 2 heterocycles. The fraction of sp³-hybridized carbons (Fsp3) is 0.333. The van der Waals surface area contributed by atoms with E-state index in [0.29, 0.717) is 22.8 Å². The summed E-state index contributed by atoms with van der Waals surface area (Å²) in [7, 11) is 0. The molecule has 1 aromatic heterocycles. The van der Waals surface area contributed by atoms with E-state index < -0.39 is 29.4 Å². The van der Waals surface area contributed by atoms with Crippen molar-refractivity contribution in [2.45, 2.75) is 51.4 Å². The standard InChI is InChI=1S/C24H22F2N2O5/c1-13-16(25)10-15(11-17(13)26)14(2)27-22(29)18-12-30-23(28-18)31-19-6-5-7-20-21(19)33-24(32-20)8-3-4-9-24/h5-7,10-12,14H,3-4,8-9H2,1-2H3,(H,27,29)/t14-/m1/s1. The average Bonchev–Trinajstić information content (AvgIpc) is 3.52. The molecule has 7 nitrogen and oxygen atoms in total. The molecular weight excluding hydrogens is 434 g/mol. The second-order valence-electron chi connectivity index (χ2n) is 8.31. The minimum Gasteiger partial charge on any atom is -0.448 e. The zero-order valence-corrected chi connectivity index (χ0v) is 18.1. The molecule has 2 aromatic carbocycles. The predicted molar refractivity (Wildman–Crippen MR) is 112 cm³/mol. The van der Waals surface area contributed by atoms with Gasteiger partial charge in [-0.2, -0.15) is 4.98 Å². The molecule has 0 unspecified atom stereocenters. The number of nitrogens with one attached hydrogen (secondary N) is 1. The number of ether oxygens (including phenoxy) is 3. The Morgan fingerprint density at radius 3 is 2.64 bits per heavy atom. The number of oxazole rings is 1. The number of aromatic nitrogens is 1. The lowest BCUT2D eigenvalue weighted by Gasteiger charge is -2.21. The zero-order chi connectivity index (χ0) is 23.2. The van der Waals surface area contributed by atoms with Crippen LogP contribution >= 0.6 is 0 Å². The Labute approximate surface area is 188 Å². The van der Waals surface area contributed by atoms with E-state index >= 15 is 0 Å². The van der Waals surface area contributed by atoms with Crippen LogP contribution in [0.15, 0.2) is 41.0 Å². The van der Waals surface area contributed by atoms with Crippen molar-refractivity contribution < 1.29 is 32.2 Å². The van der Waals surface area contributed by atoms with E-state index in [0.717, 1.165) is 31.9 Å². The zero-order valence-electron chi connectivity index (χ0n) is 18.1. The first-order chi connectivity index (χ1) is 15.8. The number of carbonyl (C=O) groups excluding carboxylic acids is 1. The van der Waals surface area contributed by atoms with Gasteiger partial charge in [0.05, 0.1) is 6.04 Å². The minimum atomic E-state index is -0.677. The molecule has 3 aromatic rings. The molecule has 9 heteroatoms. The van der Waals surface area contributed by atoms with Crippen LogP contribution in [-0.4, -0.2) is 16.7 Å². The van der Waals surface area contributed by atoms with Crippen molar-refractivity contribution in [3.63, 3.8) is 0 Å². The highest BCUT2D eigenvalue weighted by atomic mass is 19.1. The first-order valence-corrected chi connectivity index (χ1v) is 10.7. The summed E-state index contributed by atoms with van der Waals surface area (Å²) in [4.78, 5) is 16.6. The van der Waals surface area contributed by atoms with Gasteiger partial charge in [0.2, 0.25) is 5.75 Å². The van der Waals surface area contributed by atoms with Crippen molar-refractivity contribution in [3.8, 4) is 23.3 Å². The monoisotopic (exact) mass is 456 g/mol. The van der Waals surface area contributed by atoms with E-state index in [1.807, 2.05) is 6.07 Å². The summed E-state index contributed by atoms with van der Waals surface area (Å²) >= 11 is 0. The first kappa shape index (κ1) is 21.2. The van der Waals surface area contributed by atoms with Gasteiger partial charge < -0.3 is 23.9 Å². The number of nitrogens with zero attached hydrogens (tertiary/aromatic N) is 1. The van der Waals surface area contributed by atoms with E-state index in [4.69, 9.17) is 18.6 Å². The van der Waals surface area contributed by atoms with E-state index in [1.165, 1.54) is 19.1 Å². The van der Waals surface area contributed by atoms with Crippen LogP contribution in [-0.2, 0) is 0 Å². The van der Waals surface area contributed by atoms with Crippen LogP contribution in [0.4, 0.5) is 8.78 Å². The molecule has 0 saturated heterocycles. The number of amides is 1. The second-order valence-corrected chi connectivity index (χ2v) is 8.31. The lowest BCUT2D eigenvalue weighted by Crippen LogP contribution is -2.34. The molecular formula is C24H22F2N2O5. The third-order valence-electron chi connectivity index (χ3n) is 5.96. The summed E-state index contributed by atoms with van der Waals surface area (Å²) in [6.07, 6.45) is 4.66. The SMILES string of the molecule is Cc1c(F)cc([C@@H](C)NC(=O)c2coc(Oc3cccc4c3OC3(CCCC3)O4)n2)cc1F. The molecule has 1 spiro atoms. The summed E-state index contributed by atoms with van der Waals surface area (Å²) in [6.45, 7) is 2.96. The topological polar surface area (TPSA) is 82.8 Å². The van der Waals surface area contributed by atoms with Crippen molar-refractivity contribution in [1.29, 1.82) is 0 Å². The number of hydrogen-bond donors (Lipinski definition) is 1. The average molecular weight is 456 g/mol. The fourth-order valence-electron chi connectivity index (χ4n) is 4.05. The Balaban J connectivity index is 1.28. The van der Waals surface area contributed by atoms with E-state index in [9.17, 15) is 13.6 Å². The molecule has 33 heavy (non-hydrogen) atoms. The van der Waals surface area contributed by atoms with Gasteiger partial charge >= 0.3 is 6.08 Å². The van der Waals surface area contributed by atoms with Crippen LogP contribution in [0, 0.1) is 18.6 Å². The van der Waals surface area contributed by atoms with Gasteiger partial charge in [0.15, 0.2) is 17.2 Å². The highest BCUT2D eigenvalue weighted by molar-refractivity contribution is 5.92. The number of benzene rings is 2. The Bertz CT molecular complexity index is 1200. The summed E-state index contributed by atoms with van der Waals surface area (Å²) in [6, 6.07) is 6.99. The van der Waals surface area contributed by atoms with Gasteiger partial charge in [0.1, 0.15) is 17.9 Å². The highest BCUT2D eigenvalue weighted by Gasteiger charge is 2.45. The molecule has 1 atom stereocenters. The molecule has 2 aliphatic rings. The molecule has 1 N–H and O–H groups in total. The molecule has 1 aliphatic carbocycles. The number of para-hydroxylation sites is 1. The Morgan fingerprint density at radius 2 is 1.91 bits per heavy atom. The van der Waals surface area contributed by atoms with Gasteiger partial charge in [-0.1, -0.05) is 6.07 Å². The van der Waals surface area contributed by atoms with Crippen LogP contribution in [0.1, 0.15) is 60.3 Å². The molecule has 1 aliphatic heterocycles. The molecule has 5 rings (SSSR count). The summed E-state index contributed by atoms with van der Waals surface area (Å²) in [5.74, 6) is -1.15. The second kappa shape index (κ2) is 8.06. The third kappa shape index (κ3) is 3.99. The van der Waals surface area contributed by atoms with Gasteiger partial charge in [-0.25, -0.2) is 8.78 Å². The molecule has 1 fully saturated rings. The molecule has 1 saturated carbocycles. The van der Waals surface area contributed by atoms with Gasteiger partial charge in [0, 0.05) is 18.4 Å². The highest BCUT2D eigenvalue weighted by Crippen LogP contribution is 2.51. The van der Waals surface area contributed by atoms with Crippen molar-refractivity contribution >= 4 is 5.91 Å². The van der Waals surface area contributed by atoms with Crippen molar-refractivity contribution in [3.05, 3.63) is 65.1 Å². The van der Waals surface area contributed by atoms with Crippen molar-refractivity contribution in [2.24, 2.45) is 0 Å². The summed E-state index contributed by atoms with van der Waals surface area (Å²) < 4.78 is 50.8. The van der Waals surface area contributed by atoms with Gasteiger partial charge in [-0.05, 0) is 56.5 Å². The maximum atomic E-state index is 13.8. The minimum absolute atomic E-state index is 0.0399. The van der Waals surface area contributed by atoms with Crippen LogP contribution in [0.2, 0.25) is 0 Å². The van der Waals surface area contributed by atoms with Crippen LogP contribution < -0.4 is 19.5 Å². The van der Waals surface area contributed by atoms with E-state index in [-0.39, 0.29) is 17.3 Å². The predicted octanol–water partition coefficient (Wildman–Crippen LogP) is 5.59. The first-order valence-electron chi connectivity index (χ1n) is 10.7. The number of fused-ring (bicyclic) bond motifs is 1. The Morgan fingerprint density at radius 1 is 1.18 bits per heavy atom. The fourth-order valence-corrected chi connectivity index (χ4v) is 4.05. The van der Waals surface area contributed by atoms with Gasteiger partial charge in [0.25, 0.3) is 11.7 Å². The quantitative estimate of drug-likeness (QED) is 0.539. The van der Waals surface area contributed by atoms with Gasteiger partial charge in [-0.3, -0.25) is 4.79 Å². The summed E-state index contributed by atoms with van der Waals surface area (Å²) in [5, 5.41) is 2.64. The number of halogens is 2. The lowest BCUT2D eigenvalue weighted by molar-refractivity contribution is -0.0723. The number of carbonyl (C=O) groups is 1. The van der Waals surface area contributed by atoms with E-state index in [2.05, 4.69) is 10.3 Å². The lowest BCUT2D eigenvalue weighted by atomic mass is 10.1. The third-order valence-corrected chi connectivity index (χ3v) is 5.96. The van der Waals surface area contributed by atoms with Crippen LogP contribution in [0.5, 0.6) is 23.3 Å². The van der Waals surface area contributed by atoms with Gasteiger partial charge in [-0.15, -0.1) is 0 Å². The maximum Gasteiger partial charge on any atom is 0.399 e. The largest absolute Gasteiger partial charge is 0.448 e. The Kier molecular flexibility index (Phi) is 5.19. The number of rotatable bonds is 5. The van der Waals surface area contributed by atoms with E-state index in [1.54, 1.807) is 19.1 Å². The van der Waals surface area contributed by atoms with Crippen molar-refractivity contribution in [1.82, 2.24) is 10.3 Å². The van der Waals surface area contributed by atoms with Crippen LogP contribution in [0.3, 0.4) is 0 Å². The smallest absolute Gasteiger partial charge is 0.399 e. The molecule has 1 amide bonds. The summed E-state index contributed by atoms with van der Waals surface area (Å²) in [5.41, 5.74) is 0.180. The molecule has 0 radical (unpaired) electrons. The van der Waals surface area contributed by atoms with Crippen LogP contribution in [0.25, 0.3) is 0 Å². The Hall–Kier alpha value is -3.62. The maximum absolute atomic E-state index is 13.8. The molecule has 172 valence electrons. The number of hydrogen-bond acceptors (Lipinski definition) is 6. The normalized spacial score (nSPS) is 16.7. The van der Waals surface area contributed by atoms with Crippen molar-refractivity contribution in [2.75, 3.05) is 0 Å². The molecule has 0 bridgehead atoms.